The molecule has 0 aliphatic carbocycles. The maximum Gasteiger partial charge on any atom is 4.00 e. The number of hydrogen-bond donors (Lipinski definition) is 0. The predicted octanol–water partition coefficient (Wildman–Crippen LogP) is 5.40. The Morgan fingerprint density at radius 1 is 0.704 bits per heavy atom. The molecule has 4 nitrogen and oxygen atoms in total. The normalized spacial score (nSPS) is 8.89. The molecule has 0 fully saturated rings. The van der Waals surface area contributed by atoms with Crippen LogP contribution in [0.5, 0.6) is 11.5 Å². The summed E-state index contributed by atoms with van der Waals surface area (Å²) in [4.78, 5) is 0. The average Bonchev–Trinajstić information content (AvgIpc) is 2.68. The van der Waals surface area contributed by atoms with Gasteiger partial charge in [-0.1, -0.05) is 75.2 Å². The molecule has 0 aliphatic heterocycles. The van der Waals surface area contributed by atoms with Gasteiger partial charge in [0.2, 0.25) is 0 Å². The van der Waals surface area contributed by atoms with E-state index in [0.29, 0.717) is 24.5 Å². The number of nitrogens with zero attached hydrogens (tertiary/aromatic N) is 2. The van der Waals surface area contributed by atoms with Crippen molar-refractivity contribution in [3.8, 4) is 11.5 Å². The quantitative estimate of drug-likeness (QED) is 0.307. The minimum Gasteiger partial charge on any atom is -0.873 e. The zero-order valence-electron chi connectivity index (χ0n) is 16.5. The van der Waals surface area contributed by atoms with Crippen LogP contribution < -0.4 is 10.2 Å². The third-order valence-corrected chi connectivity index (χ3v) is 3.10. The Bertz CT molecular complexity index is 524. The standard InChI is InChI=1S/C14H14N2O2.2C4H9.Sn/c17-13-7-3-1-5-11(13)15-9-10-16-12-6-2-4-8-14(12)18;2*1-3-4-2;/h1-8,17-18H,9-10H2;2*1,3-4H2,2H3;/q-2;2*-1;+4/p-2. The van der Waals surface area contributed by atoms with Gasteiger partial charge in [0, 0.05) is 0 Å². The van der Waals surface area contributed by atoms with E-state index < -0.39 is 0 Å². The first kappa shape index (κ1) is 27.7. The minimum absolute atomic E-state index is 0. The van der Waals surface area contributed by atoms with Crippen LogP contribution in [-0.4, -0.2) is 37.0 Å². The van der Waals surface area contributed by atoms with Crippen LogP contribution in [0.2, 0.25) is 0 Å². The molecule has 0 N–H and O–H groups in total. The average molecular weight is 473 g/mol. The molecule has 2 aromatic carbocycles. The Labute approximate surface area is 182 Å². The van der Waals surface area contributed by atoms with Gasteiger partial charge in [0.15, 0.2) is 0 Å². The molecule has 0 spiro atoms. The molecule has 0 bridgehead atoms. The van der Waals surface area contributed by atoms with Crippen molar-refractivity contribution >= 4 is 35.3 Å². The van der Waals surface area contributed by atoms with Gasteiger partial charge >= 0.3 is 23.9 Å². The second-order valence-corrected chi connectivity index (χ2v) is 5.41. The third kappa shape index (κ3) is 14.2. The van der Waals surface area contributed by atoms with E-state index >= 15 is 0 Å². The zero-order valence-corrected chi connectivity index (χ0v) is 19.3. The molecule has 0 atom stereocenters. The van der Waals surface area contributed by atoms with E-state index in [1.807, 2.05) is 0 Å². The molecule has 0 radical (unpaired) electrons. The SMILES string of the molecule is [CH2-]CCC.[CH2-]CCC.[O-]c1ccccc1[N-]CC[N-]c1ccccc1[O-].[Sn+4]. The topological polar surface area (TPSA) is 74.3 Å². The summed E-state index contributed by atoms with van der Waals surface area (Å²) >= 11 is 0. The van der Waals surface area contributed by atoms with Crippen molar-refractivity contribution < 1.29 is 10.2 Å². The molecule has 2 rings (SSSR count). The largest absolute Gasteiger partial charge is 4.00 e. The fourth-order valence-electron chi connectivity index (χ4n) is 1.52. The van der Waals surface area contributed by atoms with Crippen LogP contribution in [0.1, 0.15) is 39.5 Å². The Kier molecular flexibility index (Phi) is 19.7. The van der Waals surface area contributed by atoms with E-state index in [-0.39, 0.29) is 35.4 Å². The van der Waals surface area contributed by atoms with Crippen molar-refractivity contribution in [1.29, 1.82) is 0 Å². The summed E-state index contributed by atoms with van der Waals surface area (Å²) in [5.41, 5.74) is 0.867. The van der Waals surface area contributed by atoms with Gasteiger partial charge in [0.25, 0.3) is 0 Å². The molecule has 2 aromatic rings. The molecule has 0 heterocycles. The Morgan fingerprint density at radius 3 is 1.26 bits per heavy atom. The zero-order chi connectivity index (χ0) is 19.6. The molecule has 5 heteroatoms. The molecular formula is C22H30N2O2Sn-2. The molecular weight excluding hydrogens is 443 g/mol. The van der Waals surface area contributed by atoms with Crippen LogP contribution in [0.4, 0.5) is 11.4 Å². The van der Waals surface area contributed by atoms with Gasteiger partial charge in [-0.05, 0) is 0 Å². The number of para-hydroxylation sites is 4. The summed E-state index contributed by atoms with van der Waals surface area (Å²) in [6.07, 6.45) is 4.56. The van der Waals surface area contributed by atoms with Crippen molar-refractivity contribution in [2.24, 2.45) is 0 Å². The number of unbranched alkanes of at least 4 members (excludes halogenated alkanes) is 2. The predicted molar refractivity (Wildman–Crippen MR) is 114 cm³/mol. The van der Waals surface area contributed by atoms with E-state index in [1.54, 1.807) is 36.4 Å². The molecule has 0 saturated heterocycles. The van der Waals surface area contributed by atoms with Gasteiger partial charge in [-0.15, -0.1) is 36.0 Å². The summed E-state index contributed by atoms with van der Waals surface area (Å²) in [5, 5.41) is 31.0. The molecule has 0 unspecified atom stereocenters. The molecule has 146 valence electrons. The second-order valence-electron chi connectivity index (χ2n) is 5.41. The van der Waals surface area contributed by atoms with Crippen molar-refractivity contribution in [3.05, 3.63) is 73.0 Å². The monoisotopic (exact) mass is 474 g/mol. The Hall–Kier alpha value is -1.56. The minimum atomic E-state index is -0.0956. The van der Waals surface area contributed by atoms with E-state index in [4.69, 9.17) is 0 Å². The van der Waals surface area contributed by atoms with Crippen LogP contribution in [-0.2, 0) is 0 Å². The summed E-state index contributed by atoms with van der Waals surface area (Å²) in [5.74, 6) is -0.191. The fourth-order valence-corrected chi connectivity index (χ4v) is 1.52. The summed E-state index contributed by atoms with van der Waals surface area (Å²) in [7, 11) is 0. The van der Waals surface area contributed by atoms with E-state index in [1.165, 1.54) is 25.0 Å². The smallest absolute Gasteiger partial charge is 0.873 e. The Balaban J connectivity index is 0. The third-order valence-electron chi connectivity index (χ3n) is 3.10. The van der Waals surface area contributed by atoms with Crippen LogP contribution in [0, 0.1) is 13.8 Å². The van der Waals surface area contributed by atoms with Gasteiger partial charge in [0.1, 0.15) is 0 Å². The molecule has 0 aliphatic rings. The first-order chi connectivity index (χ1) is 12.6. The van der Waals surface area contributed by atoms with Crippen molar-refractivity contribution in [2.75, 3.05) is 13.1 Å². The molecule has 0 saturated carbocycles. The van der Waals surface area contributed by atoms with Gasteiger partial charge in [-0.2, -0.15) is 12.8 Å². The van der Waals surface area contributed by atoms with E-state index in [9.17, 15) is 10.2 Å². The van der Waals surface area contributed by atoms with Crippen LogP contribution >= 0.6 is 0 Å². The maximum atomic E-state index is 11.4. The number of benzene rings is 2. The van der Waals surface area contributed by atoms with Gasteiger partial charge in [-0.25, -0.2) is 0 Å². The maximum absolute atomic E-state index is 11.4. The second kappa shape index (κ2) is 19.2. The number of hydrogen-bond acceptors (Lipinski definition) is 2. The summed E-state index contributed by atoms with van der Waals surface area (Å²) < 4.78 is 0. The number of rotatable bonds is 7. The van der Waals surface area contributed by atoms with Crippen LogP contribution in [0.25, 0.3) is 10.6 Å². The van der Waals surface area contributed by atoms with Crippen LogP contribution in [0.15, 0.2) is 48.5 Å². The summed E-state index contributed by atoms with van der Waals surface area (Å²) in [6.45, 7) is 12.2. The van der Waals surface area contributed by atoms with Gasteiger partial charge in [-0.3, -0.25) is 0 Å². The van der Waals surface area contributed by atoms with E-state index in [0.717, 1.165) is 12.8 Å². The van der Waals surface area contributed by atoms with Gasteiger partial charge < -0.3 is 34.7 Å². The van der Waals surface area contributed by atoms with Crippen molar-refractivity contribution in [3.63, 3.8) is 0 Å². The first-order valence-electron chi connectivity index (χ1n) is 9.06. The summed E-state index contributed by atoms with van der Waals surface area (Å²) in [6, 6.07) is 13.2. The van der Waals surface area contributed by atoms with Crippen molar-refractivity contribution in [2.45, 2.75) is 39.5 Å². The fraction of sp³-hybridized carbons (Fsp3) is 0.364. The molecule has 0 amide bonds. The van der Waals surface area contributed by atoms with Crippen molar-refractivity contribution in [1.82, 2.24) is 0 Å². The van der Waals surface area contributed by atoms with Crippen LogP contribution in [0.3, 0.4) is 0 Å². The van der Waals surface area contributed by atoms with E-state index in [2.05, 4.69) is 38.3 Å². The first-order valence-corrected chi connectivity index (χ1v) is 9.06. The molecule has 0 aromatic heterocycles. The molecule has 27 heavy (non-hydrogen) atoms. The van der Waals surface area contributed by atoms with Gasteiger partial charge in [0.05, 0.1) is 0 Å². The Morgan fingerprint density at radius 2 is 1.00 bits per heavy atom.